The molecule has 7 nitrogen and oxygen atoms in total. The lowest BCUT2D eigenvalue weighted by Gasteiger charge is -2.26. The Kier molecular flexibility index (Phi) is 7.94. The Labute approximate surface area is 215 Å². The standard InChI is InChI=1S/C25H18F5N3O4S/c26-24(27)37-16-7-5-15(6-8-16)13-20-22(35)33(19-4-2-1-3-18(19)25(28,29)30)23(38-20)17(14-31)21(34)32-9-11-36-12-10-32/h1-8,13,24H,9-12H2/b20-13-,23-17-. The number of morpholine rings is 1. The molecule has 1 amide bonds. The molecule has 0 radical (unpaired) electrons. The minimum atomic E-state index is -4.83. The summed E-state index contributed by atoms with van der Waals surface area (Å²) >= 11 is 0.673. The number of hydrogen-bond acceptors (Lipinski definition) is 6. The Morgan fingerprint density at radius 3 is 2.37 bits per heavy atom. The van der Waals surface area contributed by atoms with Crippen LogP contribution in [0.3, 0.4) is 0 Å². The highest BCUT2D eigenvalue weighted by atomic mass is 32.1. The van der Waals surface area contributed by atoms with Crippen molar-refractivity contribution in [2.45, 2.75) is 12.8 Å². The molecule has 1 aliphatic heterocycles. The van der Waals surface area contributed by atoms with E-state index < -0.39 is 41.1 Å². The van der Waals surface area contributed by atoms with Crippen LogP contribution in [0.5, 0.6) is 5.75 Å². The van der Waals surface area contributed by atoms with Gasteiger partial charge in [-0.2, -0.15) is 27.2 Å². The Morgan fingerprint density at radius 1 is 1.11 bits per heavy atom. The largest absolute Gasteiger partial charge is 0.435 e. The molecule has 2 aromatic carbocycles. The first-order valence-electron chi connectivity index (χ1n) is 11.1. The van der Waals surface area contributed by atoms with E-state index in [1.165, 1.54) is 41.3 Å². The van der Waals surface area contributed by atoms with Crippen molar-refractivity contribution >= 4 is 28.9 Å². The predicted molar refractivity (Wildman–Crippen MR) is 127 cm³/mol. The smallest absolute Gasteiger partial charge is 0.418 e. The van der Waals surface area contributed by atoms with Gasteiger partial charge in [-0.05, 0) is 35.9 Å². The Hall–Kier alpha value is -4.02. The van der Waals surface area contributed by atoms with Crippen LogP contribution in [0.2, 0.25) is 0 Å². The normalized spacial score (nSPS) is 15.4. The Morgan fingerprint density at radius 2 is 1.76 bits per heavy atom. The first-order valence-corrected chi connectivity index (χ1v) is 11.9. The number of nitrogens with zero attached hydrogens (tertiary/aromatic N) is 3. The maximum Gasteiger partial charge on any atom is 0.418 e. The molecule has 0 spiro atoms. The van der Waals surface area contributed by atoms with Gasteiger partial charge < -0.3 is 14.4 Å². The summed E-state index contributed by atoms with van der Waals surface area (Å²) in [5, 5.41) is 9.89. The lowest BCUT2D eigenvalue weighted by atomic mass is 10.1. The summed E-state index contributed by atoms with van der Waals surface area (Å²) in [6, 6.07) is 11.3. The highest BCUT2D eigenvalue weighted by Crippen LogP contribution is 2.33. The van der Waals surface area contributed by atoms with Gasteiger partial charge in [-0.25, -0.2) is 0 Å². The summed E-state index contributed by atoms with van der Waals surface area (Å²) in [6.07, 6.45) is -3.51. The summed E-state index contributed by atoms with van der Waals surface area (Å²) in [4.78, 5) is 28.0. The number of carbonyl (C=O) groups excluding carboxylic acids is 1. The quantitative estimate of drug-likeness (QED) is 0.456. The first-order chi connectivity index (χ1) is 18.1. The van der Waals surface area contributed by atoms with Crippen molar-refractivity contribution in [3.05, 3.63) is 79.2 Å². The second kappa shape index (κ2) is 11.2. The highest BCUT2D eigenvalue weighted by molar-refractivity contribution is 7.07. The number of hydrogen-bond donors (Lipinski definition) is 0. The summed E-state index contributed by atoms with van der Waals surface area (Å²) in [5.74, 6) is -0.868. The number of carbonyl (C=O) groups is 1. The van der Waals surface area contributed by atoms with Gasteiger partial charge in [-0.3, -0.25) is 14.2 Å². The maximum atomic E-state index is 13.9. The molecule has 0 saturated carbocycles. The van der Waals surface area contributed by atoms with Crippen molar-refractivity contribution < 1.29 is 36.2 Å². The van der Waals surface area contributed by atoms with Gasteiger partial charge in [0.1, 0.15) is 16.5 Å². The number of nitriles is 1. The topological polar surface area (TPSA) is 84.6 Å². The van der Waals surface area contributed by atoms with E-state index in [9.17, 15) is 36.8 Å². The molecule has 1 saturated heterocycles. The third-order valence-electron chi connectivity index (χ3n) is 5.51. The van der Waals surface area contributed by atoms with E-state index in [2.05, 4.69) is 4.74 Å². The number of para-hydroxylation sites is 1. The molecular formula is C25H18F5N3O4S. The molecule has 1 aliphatic rings. The molecule has 13 heteroatoms. The van der Waals surface area contributed by atoms with Crippen LogP contribution in [-0.2, 0) is 15.7 Å². The first kappa shape index (κ1) is 27.0. The summed E-state index contributed by atoms with van der Waals surface area (Å²) in [5.41, 5.74) is -2.70. The number of halogens is 5. The zero-order valence-corrected chi connectivity index (χ0v) is 20.2. The van der Waals surface area contributed by atoms with Crippen LogP contribution in [0.4, 0.5) is 22.0 Å². The molecule has 38 heavy (non-hydrogen) atoms. The molecule has 0 N–H and O–H groups in total. The SMILES string of the molecule is N#C/C(C(=O)N1CCOCC1)=c1/s/c(=C\c2ccc(OC(F)F)cc2)c(=O)n1-c1ccccc1C(F)(F)F. The number of amides is 1. The third-order valence-corrected chi connectivity index (χ3v) is 6.61. The molecule has 1 aromatic heterocycles. The Bertz CT molecular complexity index is 1550. The number of ether oxygens (including phenoxy) is 2. The van der Waals surface area contributed by atoms with Crippen LogP contribution < -0.4 is 19.5 Å². The maximum absolute atomic E-state index is 13.9. The van der Waals surface area contributed by atoms with Crippen molar-refractivity contribution in [3.63, 3.8) is 0 Å². The molecule has 2 heterocycles. The third kappa shape index (κ3) is 5.76. The molecule has 0 bridgehead atoms. The number of rotatable bonds is 5. The zero-order valence-electron chi connectivity index (χ0n) is 19.4. The molecule has 198 valence electrons. The fourth-order valence-electron chi connectivity index (χ4n) is 3.79. The van der Waals surface area contributed by atoms with Crippen molar-refractivity contribution in [1.82, 2.24) is 9.47 Å². The highest BCUT2D eigenvalue weighted by Gasteiger charge is 2.35. The van der Waals surface area contributed by atoms with Gasteiger partial charge in [0.15, 0.2) is 5.57 Å². The van der Waals surface area contributed by atoms with E-state index in [1.54, 1.807) is 6.07 Å². The van der Waals surface area contributed by atoms with E-state index in [0.29, 0.717) is 21.5 Å². The van der Waals surface area contributed by atoms with Crippen LogP contribution >= 0.6 is 11.3 Å². The number of alkyl halides is 5. The minimum Gasteiger partial charge on any atom is -0.435 e. The fraction of sp³-hybridized carbons (Fsp3) is 0.240. The summed E-state index contributed by atoms with van der Waals surface area (Å²) < 4.78 is 76.3. The van der Waals surface area contributed by atoms with Gasteiger partial charge in [0.25, 0.3) is 11.5 Å². The van der Waals surface area contributed by atoms with Crippen molar-refractivity contribution in [3.8, 4) is 17.5 Å². The molecule has 0 unspecified atom stereocenters. The van der Waals surface area contributed by atoms with E-state index in [-0.39, 0.29) is 41.2 Å². The van der Waals surface area contributed by atoms with Gasteiger partial charge in [0, 0.05) is 13.1 Å². The van der Waals surface area contributed by atoms with Gasteiger partial charge >= 0.3 is 12.8 Å². The van der Waals surface area contributed by atoms with Crippen LogP contribution in [0.25, 0.3) is 17.3 Å². The van der Waals surface area contributed by atoms with Crippen LogP contribution in [0.1, 0.15) is 11.1 Å². The van der Waals surface area contributed by atoms with Gasteiger partial charge in [0.05, 0.1) is 29.0 Å². The van der Waals surface area contributed by atoms with Crippen molar-refractivity contribution in [1.29, 1.82) is 5.26 Å². The summed E-state index contributed by atoms with van der Waals surface area (Å²) in [7, 11) is 0. The average molecular weight is 551 g/mol. The van der Waals surface area contributed by atoms with Crippen molar-refractivity contribution in [2.75, 3.05) is 26.3 Å². The lowest BCUT2D eigenvalue weighted by molar-refractivity contribution is -0.137. The average Bonchev–Trinajstić information content (AvgIpc) is 3.20. The predicted octanol–water partition coefficient (Wildman–Crippen LogP) is 2.88. The van der Waals surface area contributed by atoms with E-state index in [4.69, 9.17) is 4.74 Å². The van der Waals surface area contributed by atoms with Gasteiger partial charge in [-0.1, -0.05) is 24.3 Å². The number of aromatic nitrogens is 1. The molecule has 3 aromatic rings. The van der Waals surface area contributed by atoms with Gasteiger partial charge in [-0.15, -0.1) is 11.3 Å². The Balaban J connectivity index is 1.98. The molecule has 4 rings (SSSR count). The minimum absolute atomic E-state index is 0.0815. The monoisotopic (exact) mass is 551 g/mol. The second-order valence-electron chi connectivity index (χ2n) is 7.91. The van der Waals surface area contributed by atoms with E-state index in [0.717, 1.165) is 18.2 Å². The zero-order chi connectivity index (χ0) is 27.4. The van der Waals surface area contributed by atoms with E-state index in [1.807, 2.05) is 0 Å². The molecule has 0 aliphatic carbocycles. The van der Waals surface area contributed by atoms with E-state index >= 15 is 0 Å². The van der Waals surface area contributed by atoms with Crippen molar-refractivity contribution in [2.24, 2.45) is 0 Å². The molecular weight excluding hydrogens is 533 g/mol. The fourth-order valence-corrected chi connectivity index (χ4v) is 4.88. The lowest BCUT2D eigenvalue weighted by Crippen LogP contribution is -2.42. The van der Waals surface area contributed by atoms with Gasteiger partial charge in [0.2, 0.25) is 0 Å². The molecule has 1 fully saturated rings. The summed E-state index contributed by atoms with van der Waals surface area (Å²) in [6.45, 7) is -2.24. The molecule has 0 atom stereocenters. The second-order valence-corrected chi connectivity index (χ2v) is 8.94. The number of thiazole rings is 1. The van der Waals surface area contributed by atoms with Crippen LogP contribution in [0.15, 0.2) is 53.3 Å². The van der Waals surface area contributed by atoms with Crippen LogP contribution in [0, 0.1) is 11.3 Å². The number of benzene rings is 2. The van der Waals surface area contributed by atoms with Crippen LogP contribution in [-0.4, -0.2) is 48.3 Å².